The van der Waals surface area contributed by atoms with E-state index in [0.29, 0.717) is 30.0 Å². The molecule has 2 aromatic carbocycles. The van der Waals surface area contributed by atoms with Crippen molar-refractivity contribution in [1.29, 1.82) is 5.26 Å². The molecule has 0 bridgehead atoms. The minimum Gasteiger partial charge on any atom is -0.368 e. The quantitative estimate of drug-likeness (QED) is 0.488. The molecule has 0 spiro atoms. The summed E-state index contributed by atoms with van der Waals surface area (Å²) in [5.74, 6) is 0.143. The zero-order valence-corrected chi connectivity index (χ0v) is 15.0. The number of anilines is 1. The third kappa shape index (κ3) is 3.20. The van der Waals surface area contributed by atoms with Gasteiger partial charge in [-0.2, -0.15) is 5.26 Å². The number of nitrogens with one attached hydrogen (secondary N) is 2. The van der Waals surface area contributed by atoms with Crippen LogP contribution in [0.2, 0.25) is 0 Å². The molecule has 2 heterocycles. The van der Waals surface area contributed by atoms with Crippen LogP contribution in [0.3, 0.4) is 0 Å². The van der Waals surface area contributed by atoms with Crippen molar-refractivity contribution < 1.29 is 4.39 Å². The van der Waals surface area contributed by atoms with Crippen molar-refractivity contribution in [2.45, 2.75) is 0 Å². The van der Waals surface area contributed by atoms with Gasteiger partial charge in [-0.1, -0.05) is 30.3 Å². The minimum absolute atomic E-state index is 0.324. The predicted molar refractivity (Wildman–Crippen MR) is 109 cm³/mol. The highest BCUT2D eigenvalue weighted by Gasteiger charge is 2.17. The van der Waals surface area contributed by atoms with E-state index in [1.54, 1.807) is 12.1 Å². The Bertz CT molecular complexity index is 1170. The van der Waals surface area contributed by atoms with Gasteiger partial charge in [0.1, 0.15) is 23.3 Å². The van der Waals surface area contributed by atoms with Gasteiger partial charge in [0, 0.05) is 41.3 Å². The van der Waals surface area contributed by atoms with Crippen LogP contribution < -0.4 is 11.1 Å². The van der Waals surface area contributed by atoms with Gasteiger partial charge in [-0.3, -0.25) is 0 Å². The Morgan fingerprint density at radius 1 is 1.11 bits per heavy atom. The molecular weight excluding hydrogens is 353 g/mol. The molecule has 0 aliphatic carbocycles. The summed E-state index contributed by atoms with van der Waals surface area (Å²) < 4.78 is 13.4. The molecular formula is C22H18FN5. The fourth-order valence-electron chi connectivity index (χ4n) is 3.26. The second-order valence-corrected chi connectivity index (χ2v) is 6.36. The molecule has 4 rings (SSSR count). The molecule has 0 aliphatic heterocycles. The Morgan fingerprint density at radius 3 is 2.64 bits per heavy atom. The van der Waals surface area contributed by atoms with Gasteiger partial charge in [-0.25, -0.2) is 9.37 Å². The molecule has 138 valence electrons. The summed E-state index contributed by atoms with van der Waals surface area (Å²) >= 11 is 0. The van der Waals surface area contributed by atoms with Gasteiger partial charge in [0.2, 0.25) is 0 Å². The monoisotopic (exact) mass is 371 g/mol. The Kier molecular flexibility index (Phi) is 4.75. The summed E-state index contributed by atoms with van der Waals surface area (Å²) in [4.78, 5) is 7.94. The number of para-hydroxylation sites is 1. The van der Waals surface area contributed by atoms with Gasteiger partial charge in [0.05, 0.1) is 5.69 Å². The van der Waals surface area contributed by atoms with Gasteiger partial charge < -0.3 is 16.0 Å². The molecule has 0 aliphatic rings. The van der Waals surface area contributed by atoms with Crippen LogP contribution in [-0.4, -0.2) is 23.1 Å². The van der Waals surface area contributed by atoms with Crippen LogP contribution in [0.5, 0.6) is 0 Å². The van der Waals surface area contributed by atoms with Crippen molar-refractivity contribution in [3.8, 4) is 28.5 Å². The summed E-state index contributed by atoms with van der Waals surface area (Å²) in [5, 5.41) is 13.9. The minimum atomic E-state index is -0.324. The van der Waals surface area contributed by atoms with Crippen molar-refractivity contribution in [3.63, 3.8) is 0 Å². The zero-order chi connectivity index (χ0) is 19.5. The number of aromatic amines is 1. The number of nitrogens with two attached hydrogens (primary N) is 1. The smallest absolute Gasteiger partial charge is 0.145 e. The third-order valence-corrected chi connectivity index (χ3v) is 4.59. The lowest BCUT2D eigenvalue weighted by Gasteiger charge is -2.13. The number of nitrogens with zero attached hydrogens (tertiary/aromatic N) is 2. The fourth-order valence-corrected chi connectivity index (χ4v) is 3.26. The molecule has 0 atom stereocenters. The molecule has 0 radical (unpaired) electrons. The fraction of sp³-hybridized carbons (Fsp3) is 0.0909. The maximum atomic E-state index is 13.4. The maximum absolute atomic E-state index is 13.4. The van der Waals surface area contributed by atoms with E-state index in [1.807, 2.05) is 36.5 Å². The van der Waals surface area contributed by atoms with Crippen molar-refractivity contribution in [2.75, 3.05) is 18.4 Å². The molecule has 0 fully saturated rings. The predicted octanol–water partition coefficient (Wildman–Crippen LogP) is 4.28. The third-order valence-electron chi connectivity index (χ3n) is 4.59. The average Bonchev–Trinajstić information content (AvgIpc) is 3.16. The molecule has 0 saturated carbocycles. The normalized spacial score (nSPS) is 10.8. The van der Waals surface area contributed by atoms with E-state index in [2.05, 4.69) is 16.4 Å². The second kappa shape index (κ2) is 7.51. The maximum Gasteiger partial charge on any atom is 0.145 e. The van der Waals surface area contributed by atoms with Crippen LogP contribution in [0.25, 0.3) is 33.3 Å². The van der Waals surface area contributed by atoms with E-state index in [9.17, 15) is 9.65 Å². The van der Waals surface area contributed by atoms with Crippen LogP contribution in [0.15, 0.2) is 60.8 Å². The number of hydrogen-bond donors (Lipinski definition) is 3. The first-order valence-corrected chi connectivity index (χ1v) is 8.93. The molecule has 5 nitrogen and oxygen atoms in total. The van der Waals surface area contributed by atoms with Gasteiger partial charge in [0.25, 0.3) is 0 Å². The lowest BCUT2D eigenvalue weighted by molar-refractivity contribution is 0.628. The van der Waals surface area contributed by atoms with E-state index < -0.39 is 0 Å². The summed E-state index contributed by atoms with van der Waals surface area (Å²) in [6.45, 7) is 0.900. The van der Waals surface area contributed by atoms with Crippen LogP contribution in [0.4, 0.5) is 10.2 Å². The highest BCUT2D eigenvalue weighted by atomic mass is 19.1. The number of benzene rings is 2. The Balaban J connectivity index is 1.95. The van der Waals surface area contributed by atoms with Crippen molar-refractivity contribution in [3.05, 3.63) is 72.2 Å². The van der Waals surface area contributed by atoms with E-state index in [0.717, 1.165) is 27.7 Å². The van der Waals surface area contributed by atoms with Gasteiger partial charge in [-0.05, 0) is 29.8 Å². The van der Waals surface area contributed by atoms with E-state index in [-0.39, 0.29) is 5.82 Å². The zero-order valence-electron chi connectivity index (χ0n) is 15.0. The number of hydrogen-bond acceptors (Lipinski definition) is 4. The number of halogens is 1. The number of fused-ring (bicyclic) bond motifs is 1. The average molecular weight is 371 g/mol. The van der Waals surface area contributed by atoms with E-state index in [4.69, 9.17) is 10.7 Å². The lowest BCUT2D eigenvalue weighted by Crippen LogP contribution is -2.15. The number of aromatic nitrogens is 2. The van der Waals surface area contributed by atoms with Crippen molar-refractivity contribution in [1.82, 2.24) is 9.97 Å². The molecule has 2 aromatic heterocycles. The molecule has 0 saturated heterocycles. The van der Waals surface area contributed by atoms with Crippen LogP contribution in [0, 0.1) is 17.1 Å². The van der Waals surface area contributed by atoms with Crippen molar-refractivity contribution in [2.24, 2.45) is 5.73 Å². The van der Waals surface area contributed by atoms with Gasteiger partial charge >= 0.3 is 0 Å². The summed E-state index contributed by atoms with van der Waals surface area (Å²) in [6.07, 6.45) is 1.90. The highest BCUT2D eigenvalue weighted by Crippen LogP contribution is 2.35. The van der Waals surface area contributed by atoms with E-state index in [1.165, 1.54) is 12.1 Å². The summed E-state index contributed by atoms with van der Waals surface area (Å²) in [7, 11) is 0. The summed E-state index contributed by atoms with van der Waals surface area (Å²) in [6, 6.07) is 18.1. The van der Waals surface area contributed by atoms with Crippen molar-refractivity contribution >= 4 is 16.7 Å². The largest absolute Gasteiger partial charge is 0.368 e. The first-order chi connectivity index (χ1) is 13.7. The molecule has 0 unspecified atom stereocenters. The summed E-state index contributed by atoms with van der Waals surface area (Å²) in [5.41, 5.74) is 10.1. The number of rotatable bonds is 5. The van der Waals surface area contributed by atoms with Crippen LogP contribution >= 0.6 is 0 Å². The first kappa shape index (κ1) is 17.7. The highest BCUT2D eigenvalue weighted by molar-refractivity contribution is 5.96. The van der Waals surface area contributed by atoms with E-state index >= 15 is 0 Å². The molecule has 28 heavy (non-hydrogen) atoms. The Hall–Kier alpha value is -3.69. The standard InChI is InChI=1S/C22H18FN5/c23-15-7-5-14(6-8-15)17-11-21(28-22(18(17)12-25)26-10-9-24)19-13-27-20-4-2-1-3-16(19)20/h1-8,11,13,27H,9-10,24H2,(H,26,28). The van der Waals surface area contributed by atoms with Gasteiger partial charge in [0.15, 0.2) is 0 Å². The SMILES string of the molecule is N#Cc1c(-c2ccc(F)cc2)cc(-c2c[nH]c3ccccc23)nc1NCCN. The Morgan fingerprint density at radius 2 is 1.89 bits per heavy atom. The molecule has 4 aromatic rings. The molecule has 6 heteroatoms. The van der Waals surface area contributed by atoms with Crippen LogP contribution in [0.1, 0.15) is 5.56 Å². The second-order valence-electron chi connectivity index (χ2n) is 6.36. The Labute approximate surface area is 161 Å². The molecule has 0 amide bonds. The number of nitriles is 1. The number of H-pyrrole nitrogens is 1. The number of pyridine rings is 1. The van der Waals surface area contributed by atoms with Crippen LogP contribution in [-0.2, 0) is 0 Å². The lowest BCUT2D eigenvalue weighted by atomic mass is 9.98. The molecule has 4 N–H and O–H groups in total. The first-order valence-electron chi connectivity index (χ1n) is 8.93. The topological polar surface area (TPSA) is 90.5 Å². The van der Waals surface area contributed by atoms with Gasteiger partial charge in [-0.15, -0.1) is 0 Å².